The Morgan fingerprint density at radius 3 is 2.43 bits per heavy atom. The van der Waals surface area contributed by atoms with Crippen molar-refractivity contribution in [3.05, 3.63) is 4.60 Å². The first-order chi connectivity index (χ1) is 9.63. The lowest BCUT2D eigenvalue weighted by Gasteiger charge is -2.40. The quantitative estimate of drug-likeness (QED) is 0.875. The standard InChI is InChI=1S/C13H23BrN4O2S/c1-13(2,3)9-7-5-6-8-10(9)16-21(19,20)12-11(14)15-17-18(12)4/h9-10,16H,5-8H2,1-4H3. The average molecular weight is 379 g/mol. The summed E-state index contributed by atoms with van der Waals surface area (Å²) in [5.74, 6) is 0.334. The van der Waals surface area contributed by atoms with E-state index in [0.29, 0.717) is 5.92 Å². The van der Waals surface area contributed by atoms with E-state index >= 15 is 0 Å². The van der Waals surface area contributed by atoms with Gasteiger partial charge in [-0.1, -0.05) is 38.8 Å². The monoisotopic (exact) mass is 378 g/mol. The van der Waals surface area contributed by atoms with Crippen LogP contribution in [0.2, 0.25) is 0 Å². The summed E-state index contributed by atoms with van der Waals surface area (Å²) in [5, 5.41) is 7.58. The first kappa shape index (κ1) is 16.9. The minimum absolute atomic E-state index is 0.0365. The predicted molar refractivity (Wildman–Crippen MR) is 84.2 cm³/mol. The average Bonchev–Trinajstić information content (AvgIpc) is 2.68. The van der Waals surface area contributed by atoms with Crippen LogP contribution in [0.1, 0.15) is 46.5 Å². The van der Waals surface area contributed by atoms with Gasteiger partial charge in [0, 0.05) is 13.1 Å². The Bertz CT molecular complexity index is 587. The molecule has 1 N–H and O–H groups in total. The van der Waals surface area contributed by atoms with Crippen molar-refractivity contribution in [2.45, 2.75) is 57.5 Å². The maximum absolute atomic E-state index is 12.6. The lowest BCUT2D eigenvalue weighted by molar-refractivity contribution is 0.144. The molecule has 0 amide bonds. The van der Waals surface area contributed by atoms with Gasteiger partial charge < -0.3 is 0 Å². The predicted octanol–water partition coefficient (Wildman–Crippen LogP) is 2.46. The molecular formula is C13H23BrN4O2S. The number of rotatable bonds is 3. The van der Waals surface area contributed by atoms with E-state index in [1.807, 2.05) is 0 Å². The van der Waals surface area contributed by atoms with Gasteiger partial charge in [0.1, 0.15) is 0 Å². The number of aromatic nitrogens is 3. The number of sulfonamides is 1. The van der Waals surface area contributed by atoms with Crippen molar-refractivity contribution in [3.63, 3.8) is 0 Å². The van der Waals surface area contributed by atoms with Gasteiger partial charge in [-0.15, -0.1) is 5.10 Å². The molecule has 1 heterocycles. The zero-order valence-electron chi connectivity index (χ0n) is 12.9. The van der Waals surface area contributed by atoms with Gasteiger partial charge in [0.15, 0.2) is 4.60 Å². The molecule has 0 radical (unpaired) electrons. The molecule has 8 heteroatoms. The van der Waals surface area contributed by atoms with Gasteiger partial charge in [-0.05, 0) is 40.1 Å². The molecule has 1 aliphatic carbocycles. The Kier molecular flexibility index (Phi) is 4.80. The summed E-state index contributed by atoms with van der Waals surface area (Å²) in [6.07, 6.45) is 4.16. The zero-order valence-corrected chi connectivity index (χ0v) is 15.3. The molecule has 1 aromatic rings. The van der Waals surface area contributed by atoms with Gasteiger partial charge in [-0.3, -0.25) is 0 Å². The van der Waals surface area contributed by atoms with E-state index in [9.17, 15) is 8.42 Å². The van der Waals surface area contributed by atoms with E-state index in [-0.39, 0.29) is 21.1 Å². The Hall–Kier alpha value is -0.470. The highest BCUT2D eigenvalue weighted by Crippen LogP contribution is 2.38. The number of aryl methyl sites for hydroxylation is 1. The molecule has 1 aromatic heterocycles. The Labute approximate surface area is 134 Å². The Balaban J connectivity index is 2.27. The van der Waals surface area contributed by atoms with Crippen LogP contribution in [0.3, 0.4) is 0 Å². The van der Waals surface area contributed by atoms with E-state index in [2.05, 4.69) is 51.7 Å². The molecule has 21 heavy (non-hydrogen) atoms. The fraction of sp³-hybridized carbons (Fsp3) is 0.846. The molecule has 2 rings (SSSR count). The van der Waals surface area contributed by atoms with Crippen molar-refractivity contribution in [2.75, 3.05) is 0 Å². The minimum atomic E-state index is -3.63. The zero-order chi connectivity index (χ0) is 15.8. The van der Waals surface area contributed by atoms with Crippen molar-refractivity contribution in [3.8, 4) is 0 Å². The van der Waals surface area contributed by atoms with E-state index < -0.39 is 10.0 Å². The second-order valence-electron chi connectivity index (χ2n) is 6.79. The summed E-state index contributed by atoms with van der Waals surface area (Å²) < 4.78 is 29.7. The molecule has 0 bridgehead atoms. The van der Waals surface area contributed by atoms with Crippen LogP contribution < -0.4 is 4.72 Å². The van der Waals surface area contributed by atoms with E-state index in [1.54, 1.807) is 7.05 Å². The highest BCUT2D eigenvalue weighted by molar-refractivity contribution is 9.10. The third-order valence-corrected chi connectivity index (χ3v) is 6.55. The van der Waals surface area contributed by atoms with E-state index in [4.69, 9.17) is 0 Å². The summed E-state index contributed by atoms with van der Waals surface area (Å²) >= 11 is 3.16. The first-order valence-corrected chi connectivity index (χ1v) is 9.48. The van der Waals surface area contributed by atoms with Gasteiger partial charge in [0.25, 0.3) is 10.0 Å². The number of nitrogens with zero attached hydrogens (tertiary/aromatic N) is 3. The second kappa shape index (κ2) is 5.96. The second-order valence-corrected chi connectivity index (χ2v) is 9.17. The van der Waals surface area contributed by atoms with Crippen molar-refractivity contribution in [1.29, 1.82) is 0 Å². The molecule has 2 atom stereocenters. The maximum Gasteiger partial charge on any atom is 0.260 e. The summed E-state index contributed by atoms with van der Waals surface area (Å²) in [5.41, 5.74) is 0.0789. The fourth-order valence-electron chi connectivity index (χ4n) is 3.17. The Morgan fingerprint density at radius 1 is 1.29 bits per heavy atom. The maximum atomic E-state index is 12.6. The van der Waals surface area contributed by atoms with Gasteiger partial charge in [0.05, 0.1) is 0 Å². The van der Waals surface area contributed by atoms with Crippen molar-refractivity contribution in [1.82, 2.24) is 19.7 Å². The molecular weight excluding hydrogens is 356 g/mol. The van der Waals surface area contributed by atoms with Crippen molar-refractivity contribution in [2.24, 2.45) is 18.4 Å². The topological polar surface area (TPSA) is 76.9 Å². The van der Waals surface area contributed by atoms with E-state index in [1.165, 1.54) is 4.68 Å². The van der Waals surface area contributed by atoms with Crippen LogP contribution in [0.4, 0.5) is 0 Å². The van der Waals surface area contributed by atoms with Crippen LogP contribution in [0.25, 0.3) is 0 Å². The lowest BCUT2D eigenvalue weighted by atomic mass is 9.70. The normalized spacial score (nSPS) is 24.2. The van der Waals surface area contributed by atoms with Crippen LogP contribution in [0.15, 0.2) is 9.63 Å². The third kappa shape index (κ3) is 3.65. The lowest BCUT2D eigenvalue weighted by Crippen LogP contribution is -2.47. The molecule has 1 fully saturated rings. The number of hydrogen-bond acceptors (Lipinski definition) is 4. The van der Waals surface area contributed by atoms with Crippen LogP contribution in [-0.4, -0.2) is 29.5 Å². The van der Waals surface area contributed by atoms with Gasteiger partial charge in [0.2, 0.25) is 5.03 Å². The fourth-order valence-corrected chi connectivity index (χ4v) is 5.58. The minimum Gasteiger partial charge on any atom is -0.235 e. The summed E-state index contributed by atoms with van der Waals surface area (Å²) in [4.78, 5) is 0. The molecule has 2 unspecified atom stereocenters. The summed E-state index contributed by atoms with van der Waals surface area (Å²) in [7, 11) is -2.05. The van der Waals surface area contributed by atoms with Crippen LogP contribution in [0, 0.1) is 11.3 Å². The molecule has 1 aliphatic rings. The molecule has 120 valence electrons. The molecule has 0 saturated heterocycles. The van der Waals surface area contributed by atoms with Crippen LogP contribution in [-0.2, 0) is 17.1 Å². The van der Waals surface area contributed by atoms with Crippen molar-refractivity contribution >= 4 is 26.0 Å². The highest BCUT2D eigenvalue weighted by Gasteiger charge is 2.37. The Morgan fingerprint density at radius 2 is 1.90 bits per heavy atom. The molecule has 1 saturated carbocycles. The van der Waals surface area contributed by atoms with Gasteiger partial charge >= 0.3 is 0 Å². The smallest absolute Gasteiger partial charge is 0.235 e. The molecule has 0 spiro atoms. The summed E-state index contributed by atoms with van der Waals surface area (Å²) in [6, 6.07) is -0.0365. The number of nitrogens with one attached hydrogen (secondary N) is 1. The number of halogens is 1. The molecule has 6 nitrogen and oxygen atoms in total. The van der Waals surface area contributed by atoms with Crippen LogP contribution in [0.5, 0.6) is 0 Å². The molecule has 0 aliphatic heterocycles. The van der Waals surface area contributed by atoms with Crippen LogP contribution >= 0.6 is 15.9 Å². The molecule has 0 aromatic carbocycles. The van der Waals surface area contributed by atoms with E-state index in [0.717, 1.165) is 25.7 Å². The van der Waals surface area contributed by atoms with Gasteiger partial charge in [-0.2, -0.15) is 0 Å². The van der Waals surface area contributed by atoms with Crippen molar-refractivity contribution < 1.29 is 8.42 Å². The summed E-state index contributed by atoms with van der Waals surface area (Å²) in [6.45, 7) is 6.52. The largest absolute Gasteiger partial charge is 0.260 e. The third-order valence-electron chi connectivity index (χ3n) is 4.18. The van der Waals surface area contributed by atoms with Gasteiger partial charge in [-0.25, -0.2) is 17.8 Å². The SMILES string of the molecule is Cn1nnc(Br)c1S(=O)(=O)NC1CCCCC1C(C)(C)C. The first-order valence-electron chi connectivity index (χ1n) is 7.20. The highest BCUT2D eigenvalue weighted by atomic mass is 79.9. The number of hydrogen-bond donors (Lipinski definition) is 1.